The van der Waals surface area contributed by atoms with Gasteiger partial charge in [0.2, 0.25) is 0 Å². The number of carboxylic acids is 1. The molecule has 0 saturated carbocycles. The van der Waals surface area contributed by atoms with Gasteiger partial charge in [-0.05, 0) is 24.5 Å². The highest BCUT2D eigenvalue weighted by Crippen LogP contribution is 2.20. The summed E-state index contributed by atoms with van der Waals surface area (Å²) >= 11 is 0. The van der Waals surface area contributed by atoms with E-state index < -0.39 is 5.97 Å². The van der Waals surface area contributed by atoms with Crippen molar-refractivity contribution in [2.45, 2.75) is 77.6 Å². The van der Waals surface area contributed by atoms with E-state index in [4.69, 9.17) is 10.8 Å². The van der Waals surface area contributed by atoms with Crippen molar-refractivity contribution in [3.63, 3.8) is 0 Å². The van der Waals surface area contributed by atoms with Gasteiger partial charge in [-0.1, -0.05) is 76.8 Å². The van der Waals surface area contributed by atoms with Crippen LogP contribution in [0, 0.1) is 0 Å². The molecular formula is C19H31NO2. The molecule has 0 radical (unpaired) electrons. The second-order valence-corrected chi connectivity index (χ2v) is 6.12. The lowest BCUT2D eigenvalue weighted by Crippen LogP contribution is -2.05. The molecule has 0 heterocycles. The number of rotatable bonds is 12. The fourth-order valence-electron chi connectivity index (χ4n) is 2.82. The molecule has 0 spiro atoms. The number of para-hydroxylation sites is 1. The van der Waals surface area contributed by atoms with Crippen LogP contribution in [0.5, 0.6) is 0 Å². The minimum absolute atomic E-state index is 0.226. The van der Waals surface area contributed by atoms with E-state index in [1.807, 2.05) is 6.07 Å². The summed E-state index contributed by atoms with van der Waals surface area (Å²) in [4.78, 5) is 11.0. The first kappa shape index (κ1) is 18.5. The lowest BCUT2D eigenvalue weighted by Gasteiger charge is -2.08. The van der Waals surface area contributed by atoms with Gasteiger partial charge in [-0.3, -0.25) is 0 Å². The van der Waals surface area contributed by atoms with Crippen molar-refractivity contribution in [2.24, 2.45) is 0 Å². The molecule has 22 heavy (non-hydrogen) atoms. The van der Waals surface area contributed by atoms with E-state index in [2.05, 4.69) is 6.92 Å². The number of nitrogen functional groups attached to an aromatic ring is 1. The number of unbranched alkanes of at least 4 members (excludes halogenated alkanes) is 9. The molecule has 0 amide bonds. The van der Waals surface area contributed by atoms with E-state index in [1.54, 1.807) is 12.1 Å². The molecule has 0 atom stereocenters. The van der Waals surface area contributed by atoms with Gasteiger partial charge in [-0.25, -0.2) is 4.79 Å². The van der Waals surface area contributed by atoms with E-state index in [0.717, 1.165) is 18.4 Å². The molecule has 1 aromatic rings. The minimum atomic E-state index is -0.942. The van der Waals surface area contributed by atoms with Crippen molar-refractivity contribution in [1.29, 1.82) is 0 Å². The smallest absolute Gasteiger partial charge is 0.337 e. The molecule has 3 nitrogen and oxygen atoms in total. The van der Waals surface area contributed by atoms with E-state index in [0.29, 0.717) is 5.69 Å². The summed E-state index contributed by atoms with van der Waals surface area (Å²) in [6.45, 7) is 2.25. The van der Waals surface area contributed by atoms with Crippen molar-refractivity contribution >= 4 is 11.7 Å². The SMILES string of the molecule is CCCCCCCCCCCCc1cccc(C(=O)O)c1N. The largest absolute Gasteiger partial charge is 0.478 e. The monoisotopic (exact) mass is 305 g/mol. The zero-order valence-corrected chi connectivity index (χ0v) is 13.9. The number of aryl methyl sites for hydroxylation is 1. The number of carbonyl (C=O) groups is 1. The molecule has 1 aromatic carbocycles. The Morgan fingerprint density at radius 2 is 1.50 bits per heavy atom. The van der Waals surface area contributed by atoms with Gasteiger partial charge in [0.25, 0.3) is 0 Å². The summed E-state index contributed by atoms with van der Waals surface area (Å²) in [6.07, 6.45) is 13.9. The fourth-order valence-corrected chi connectivity index (χ4v) is 2.82. The maximum absolute atomic E-state index is 11.0. The van der Waals surface area contributed by atoms with Crippen LogP contribution in [0.1, 0.15) is 87.1 Å². The predicted molar refractivity (Wildman–Crippen MR) is 93.4 cm³/mol. The van der Waals surface area contributed by atoms with Crippen LogP contribution in [0.25, 0.3) is 0 Å². The molecule has 0 aromatic heterocycles. The van der Waals surface area contributed by atoms with Crippen LogP contribution in [0.4, 0.5) is 5.69 Å². The zero-order chi connectivity index (χ0) is 16.2. The second kappa shape index (κ2) is 11.1. The molecule has 0 aliphatic heterocycles. The quantitative estimate of drug-likeness (QED) is 0.400. The molecule has 0 aliphatic rings. The Kier molecular flexibility index (Phi) is 9.36. The topological polar surface area (TPSA) is 63.3 Å². The Labute approximate surface area is 134 Å². The average molecular weight is 305 g/mol. The maximum Gasteiger partial charge on any atom is 0.337 e. The van der Waals surface area contributed by atoms with Crippen LogP contribution >= 0.6 is 0 Å². The van der Waals surface area contributed by atoms with Crippen molar-refractivity contribution in [2.75, 3.05) is 5.73 Å². The summed E-state index contributed by atoms with van der Waals surface area (Å²) in [5, 5.41) is 9.06. The molecule has 0 unspecified atom stereocenters. The van der Waals surface area contributed by atoms with Crippen LogP contribution in [0.15, 0.2) is 18.2 Å². The average Bonchev–Trinajstić information content (AvgIpc) is 2.50. The van der Waals surface area contributed by atoms with Gasteiger partial charge in [-0.15, -0.1) is 0 Å². The minimum Gasteiger partial charge on any atom is -0.478 e. The van der Waals surface area contributed by atoms with Crippen molar-refractivity contribution in [3.8, 4) is 0 Å². The number of nitrogens with two attached hydrogens (primary N) is 1. The third kappa shape index (κ3) is 6.97. The number of benzene rings is 1. The van der Waals surface area contributed by atoms with E-state index in [-0.39, 0.29) is 5.56 Å². The van der Waals surface area contributed by atoms with E-state index >= 15 is 0 Å². The molecule has 0 saturated heterocycles. The molecule has 0 bridgehead atoms. The first-order valence-electron chi connectivity index (χ1n) is 8.77. The van der Waals surface area contributed by atoms with Gasteiger partial charge in [0, 0.05) is 5.69 Å². The van der Waals surface area contributed by atoms with Crippen LogP contribution in [0.2, 0.25) is 0 Å². The van der Waals surface area contributed by atoms with Gasteiger partial charge >= 0.3 is 5.97 Å². The normalized spacial score (nSPS) is 10.8. The Bertz CT molecular complexity index is 443. The highest BCUT2D eigenvalue weighted by atomic mass is 16.4. The molecule has 124 valence electrons. The summed E-state index contributed by atoms with van der Waals surface area (Å²) in [7, 11) is 0. The van der Waals surface area contributed by atoms with Crippen molar-refractivity contribution < 1.29 is 9.90 Å². The Hall–Kier alpha value is -1.51. The summed E-state index contributed by atoms with van der Waals surface area (Å²) in [5.41, 5.74) is 7.56. The lowest BCUT2D eigenvalue weighted by molar-refractivity contribution is 0.0698. The van der Waals surface area contributed by atoms with Gasteiger partial charge in [0.15, 0.2) is 0 Å². The fraction of sp³-hybridized carbons (Fsp3) is 0.632. The standard InChI is InChI=1S/C19H31NO2/c1-2-3-4-5-6-7-8-9-10-11-13-16-14-12-15-17(18(16)20)19(21)22/h12,14-15H,2-11,13,20H2,1H3,(H,21,22). The summed E-state index contributed by atoms with van der Waals surface area (Å²) < 4.78 is 0. The lowest BCUT2D eigenvalue weighted by atomic mass is 10.0. The first-order valence-corrected chi connectivity index (χ1v) is 8.77. The Balaban J connectivity index is 2.13. The molecule has 0 fully saturated rings. The van der Waals surface area contributed by atoms with Crippen molar-refractivity contribution in [1.82, 2.24) is 0 Å². The third-order valence-electron chi connectivity index (χ3n) is 4.23. The molecule has 3 N–H and O–H groups in total. The zero-order valence-electron chi connectivity index (χ0n) is 13.9. The van der Waals surface area contributed by atoms with Gasteiger partial charge in [-0.2, -0.15) is 0 Å². The van der Waals surface area contributed by atoms with Crippen molar-refractivity contribution in [3.05, 3.63) is 29.3 Å². The third-order valence-corrected chi connectivity index (χ3v) is 4.23. The van der Waals surface area contributed by atoms with Crippen LogP contribution in [-0.4, -0.2) is 11.1 Å². The van der Waals surface area contributed by atoms with Crippen LogP contribution in [0.3, 0.4) is 0 Å². The molecule has 1 rings (SSSR count). The highest BCUT2D eigenvalue weighted by Gasteiger charge is 2.10. The highest BCUT2D eigenvalue weighted by molar-refractivity contribution is 5.94. The summed E-state index contributed by atoms with van der Waals surface area (Å²) in [6, 6.07) is 5.29. The van der Waals surface area contributed by atoms with Crippen LogP contribution in [-0.2, 0) is 6.42 Å². The number of aromatic carboxylic acids is 1. The maximum atomic E-state index is 11.0. The number of anilines is 1. The second-order valence-electron chi connectivity index (χ2n) is 6.12. The van der Waals surface area contributed by atoms with E-state index in [1.165, 1.54) is 57.8 Å². The molecule has 3 heteroatoms. The van der Waals surface area contributed by atoms with E-state index in [9.17, 15) is 4.79 Å². The molecular weight excluding hydrogens is 274 g/mol. The molecule has 0 aliphatic carbocycles. The number of hydrogen-bond acceptors (Lipinski definition) is 2. The predicted octanol–water partition coefficient (Wildman–Crippen LogP) is 5.43. The number of carboxylic acid groups (broad SMARTS) is 1. The van der Waals surface area contributed by atoms with Crippen LogP contribution < -0.4 is 5.73 Å². The first-order chi connectivity index (χ1) is 10.7. The Morgan fingerprint density at radius 1 is 0.955 bits per heavy atom. The Morgan fingerprint density at radius 3 is 2.05 bits per heavy atom. The van der Waals surface area contributed by atoms with Gasteiger partial charge in [0.05, 0.1) is 5.56 Å². The van der Waals surface area contributed by atoms with Gasteiger partial charge < -0.3 is 10.8 Å². The number of hydrogen-bond donors (Lipinski definition) is 2. The van der Waals surface area contributed by atoms with Gasteiger partial charge in [0.1, 0.15) is 0 Å². The summed E-state index contributed by atoms with van der Waals surface area (Å²) in [5.74, 6) is -0.942.